The largest absolute Gasteiger partial charge is 0.342 e. The lowest BCUT2D eigenvalue weighted by Gasteiger charge is -2.39. The number of aromatic nitrogens is 2. The van der Waals surface area contributed by atoms with Crippen molar-refractivity contribution in [2.75, 3.05) is 24.5 Å². The van der Waals surface area contributed by atoms with Crippen LogP contribution in [0.4, 0.5) is 5.69 Å². The fourth-order valence-corrected chi connectivity index (χ4v) is 4.99. The van der Waals surface area contributed by atoms with Crippen LogP contribution in [0, 0.1) is 0 Å². The topological polar surface area (TPSA) is 69.3 Å². The second-order valence-corrected chi connectivity index (χ2v) is 9.38. The first-order chi connectivity index (χ1) is 14.9. The molecular weight excluding hydrogens is 388 g/mol. The van der Waals surface area contributed by atoms with Gasteiger partial charge in [0.25, 0.3) is 0 Å². The Morgan fingerprint density at radius 1 is 1.16 bits per heavy atom. The van der Waals surface area contributed by atoms with Crippen LogP contribution in [-0.2, 0) is 15.0 Å². The number of carbonyl (C=O) groups is 2. The monoisotopic (exact) mass is 416 g/mol. The van der Waals surface area contributed by atoms with E-state index in [-0.39, 0.29) is 29.7 Å². The first-order valence-corrected chi connectivity index (χ1v) is 11.0. The summed E-state index contributed by atoms with van der Waals surface area (Å²) in [7, 11) is 0. The molecule has 2 aliphatic heterocycles. The number of H-pyrrole nitrogens is 1. The number of likely N-dealkylation sites (tertiary alicyclic amines) is 1. The summed E-state index contributed by atoms with van der Waals surface area (Å²) in [4.78, 5) is 37.9. The molecule has 160 valence electrons. The van der Waals surface area contributed by atoms with Gasteiger partial charge in [-0.2, -0.15) is 0 Å². The minimum absolute atomic E-state index is 0.00340. The van der Waals surface area contributed by atoms with E-state index >= 15 is 0 Å². The summed E-state index contributed by atoms with van der Waals surface area (Å²) < 4.78 is 0. The summed E-state index contributed by atoms with van der Waals surface area (Å²) in [5.41, 5.74) is 3.76. The average molecular weight is 417 g/mol. The molecule has 3 heterocycles. The van der Waals surface area contributed by atoms with E-state index in [1.165, 1.54) is 0 Å². The van der Waals surface area contributed by atoms with Crippen LogP contribution in [0.3, 0.4) is 0 Å². The zero-order valence-corrected chi connectivity index (χ0v) is 18.1. The lowest BCUT2D eigenvalue weighted by atomic mass is 9.77. The number of anilines is 1. The number of piperidine rings is 1. The van der Waals surface area contributed by atoms with E-state index in [2.05, 4.69) is 24.9 Å². The van der Waals surface area contributed by atoms with Gasteiger partial charge in [-0.25, -0.2) is 4.98 Å². The molecule has 1 atom stereocenters. The highest BCUT2D eigenvalue weighted by Crippen LogP contribution is 2.40. The van der Waals surface area contributed by atoms with Crippen LogP contribution < -0.4 is 4.90 Å². The summed E-state index contributed by atoms with van der Waals surface area (Å²) in [6.07, 6.45) is 2.35. The third kappa shape index (κ3) is 3.60. The average Bonchev–Trinajstić information content (AvgIpc) is 3.21. The van der Waals surface area contributed by atoms with E-state index in [1.54, 1.807) is 4.90 Å². The van der Waals surface area contributed by atoms with Gasteiger partial charge >= 0.3 is 0 Å². The van der Waals surface area contributed by atoms with Gasteiger partial charge in [-0.3, -0.25) is 9.59 Å². The normalized spacial score (nSPS) is 20.7. The SMILES string of the molecule is CC1(C)CC(=O)N(CC(=O)N2CCCC(c3nc4ccccc4[nH]3)C2)c2ccccc21. The maximum Gasteiger partial charge on any atom is 0.242 e. The Labute approximate surface area is 182 Å². The molecule has 3 aromatic rings. The molecule has 6 nitrogen and oxygen atoms in total. The Hall–Kier alpha value is -3.15. The fourth-order valence-electron chi connectivity index (χ4n) is 4.99. The van der Waals surface area contributed by atoms with Crippen molar-refractivity contribution in [3.63, 3.8) is 0 Å². The molecule has 0 spiro atoms. The lowest BCUT2D eigenvalue weighted by Crippen LogP contribution is -2.49. The van der Waals surface area contributed by atoms with E-state index in [0.29, 0.717) is 13.0 Å². The zero-order valence-electron chi connectivity index (χ0n) is 18.1. The number of fused-ring (bicyclic) bond motifs is 2. The highest BCUT2D eigenvalue weighted by molar-refractivity contribution is 6.02. The van der Waals surface area contributed by atoms with Crippen LogP contribution in [0.2, 0.25) is 0 Å². The van der Waals surface area contributed by atoms with E-state index in [9.17, 15) is 9.59 Å². The summed E-state index contributed by atoms with van der Waals surface area (Å²) >= 11 is 0. The molecule has 1 aromatic heterocycles. The third-order valence-corrected chi connectivity index (χ3v) is 6.68. The predicted octanol–water partition coefficient (Wildman–Crippen LogP) is 3.98. The van der Waals surface area contributed by atoms with E-state index in [4.69, 9.17) is 4.98 Å². The van der Waals surface area contributed by atoms with Crippen molar-refractivity contribution in [1.82, 2.24) is 14.9 Å². The zero-order chi connectivity index (χ0) is 21.6. The van der Waals surface area contributed by atoms with Crippen molar-refractivity contribution in [1.29, 1.82) is 0 Å². The molecule has 0 radical (unpaired) electrons. The second kappa shape index (κ2) is 7.52. The van der Waals surface area contributed by atoms with Crippen molar-refractivity contribution < 1.29 is 9.59 Å². The fraction of sp³-hybridized carbons (Fsp3) is 0.400. The molecule has 2 amide bonds. The number of hydrogen-bond donors (Lipinski definition) is 1. The number of aromatic amines is 1. The highest BCUT2D eigenvalue weighted by Gasteiger charge is 2.38. The van der Waals surface area contributed by atoms with Crippen LogP contribution in [0.15, 0.2) is 48.5 Å². The van der Waals surface area contributed by atoms with Gasteiger partial charge < -0.3 is 14.8 Å². The molecule has 1 unspecified atom stereocenters. The van der Waals surface area contributed by atoms with Crippen molar-refractivity contribution in [2.24, 2.45) is 0 Å². The van der Waals surface area contributed by atoms with Gasteiger partial charge in [0, 0.05) is 36.5 Å². The molecule has 1 saturated heterocycles. The van der Waals surface area contributed by atoms with Crippen molar-refractivity contribution in [3.05, 3.63) is 59.9 Å². The van der Waals surface area contributed by atoms with Gasteiger partial charge in [-0.15, -0.1) is 0 Å². The Kier molecular flexibility index (Phi) is 4.80. The summed E-state index contributed by atoms with van der Waals surface area (Å²) in [5, 5.41) is 0. The number of para-hydroxylation sites is 3. The first-order valence-electron chi connectivity index (χ1n) is 11.0. The molecule has 0 bridgehead atoms. The molecule has 0 aliphatic carbocycles. The van der Waals surface area contributed by atoms with Crippen LogP contribution in [0.5, 0.6) is 0 Å². The Morgan fingerprint density at radius 2 is 1.94 bits per heavy atom. The van der Waals surface area contributed by atoms with Crippen LogP contribution >= 0.6 is 0 Å². The predicted molar refractivity (Wildman–Crippen MR) is 121 cm³/mol. The number of hydrogen-bond acceptors (Lipinski definition) is 3. The maximum atomic E-state index is 13.2. The number of rotatable bonds is 3. The first kappa shape index (κ1) is 19.8. The number of imidazole rings is 1. The smallest absolute Gasteiger partial charge is 0.242 e. The number of carbonyl (C=O) groups excluding carboxylic acids is 2. The maximum absolute atomic E-state index is 13.2. The van der Waals surface area contributed by atoms with Gasteiger partial charge in [0.1, 0.15) is 12.4 Å². The number of benzene rings is 2. The molecule has 6 heteroatoms. The van der Waals surface area contributed by atoms with E-state index in [0.717, 1.165) is 47.5 Å². The quantitative estimate of drug-likeness (QED) is 0.702. The Bertz CT molecular complexity index is 1120. The van der Waals surface area contributed by atoms with Crippen LogP contribution in [0.25, 0.3) is 11.0 Å². The van der Waals surface area contributed by atoms with Crippen LogP contribution in [-0.4, -0.2) is 46.3 Å². The van der Waals surface area contributed by atoms with Crippen molar-refractivity contribution in [2.45, 2.75) is 44.4 Å². The summed E-state index contributed by atoms with van der Waals surface area (Å²) in [6.45, 7) is 5.63. The van der Waals surface area contributed by atoms with Gasteiger partial charge in [0.2, 0.25) is 11.8 Å². The van der Waals surface area contributed by atoms with Gasteiger partial charge in [0.05, 0.1) is 11.0 Å². The minimum Gasteiger partial charge on any atom is -0.342 e. The summed E-state index contributed by atoms with van der Waals surface area (Å²) in [6, 6.07) is 16.0. The third-order valence-electron chi connectivity index (χ3n) is 6.68. The molecule has 2 aliphatic rings. The summed E-state index contributed by atoms with van der Waals surface area (Å²) in [5.74, 6) is 1.15. The van der Waals surface area contributed by atoms with Crippen LogP contribution in [0.1, 0.15) is 50.4 Å². The molecule has 0 saturated carbocycles. The van der Waals surface area contributed by atoms with Gasteiger partial charge in [-0.05, 0) is 36.6 Å². The lowest BCUT2D eigenvalue weighted by molar-refractivity contribution is -0.132. The second-order valence-electron chi connectivity index (χ2n) is 9.38. The Morgan fingerprint density at radius 3 is 2.77 bits per heavy atom. The number of nitrogens with zero attached hydrogens (tertiary/aromatic N) is 3. The van der Waals surface area contributed by atoms with Crippen molar-refractivity contribution >= 4 is 28.5 Å². The van der Waals surface area contributed by atoms with E-state index in [1.807, 2.05) is 47.4 Å². The molecule has 1 N–H and O–H groups in total. The van der Waals surface area contributed by atoms with Crippen molar-refractivity contribution in [3.8, 4) is 0 Å². The highest BCUT2D eigenvalue weighted by atomic mass is 16.2. The van der Waals surface area contributed by atoms with E-state index < -0.39 is 0 Å². The standard InChI is InChI=1S/C25H28N4O2/c1-25(2)14-22(30)29(21-12-6-3-9-18(21)25)16-23(31)28-13-7-8-17(15-28)24-26-19-10-4-5-11-20(19)27-24/h3-6,9-12,17H,7-8,13-16H2,1-2H3,(H,26,27). The molecule has 31 heavy (non-hydrogen) atoms. The van der Waals surface area contributed by atoms with Gasteiger partial charge in [0.15, 0.2) is 0 Å². The molecule has 1 fully saturated rings. The molecule has 2 aromatic carbocycles. The number of nitrogens with one attached hydrogen (secondary N) is 1. The Balaban J connectivity index is 1.34. The molecule has 5 rings (SSSR count). The van der Waals surface area contributed by atoms with Gasteiger partial charge in [-0.1, -0.05) is 44.2 Å². The minimum atomic E-state index is -0.218. The number of amides is 2. The molecular formula is C25H28N4O2.